The van der Waals surface area contributed by atoms with Crippen molar-refractivity contribution in [2.75, 3.05) is 33.2 Å². The normalized spacial score (nSPS) is 11.9. The molecule has 0 aliphatic carbocycles. The maximum absolute atomic E-state index is 12.4. The van der Waals surface area contributed by atoms with E-state index in [1.54, 1.807) is 11.3 Å². The molecule has 1 aromatic heterocycles. The summed E-state index contributed by atoms with van der Waals surface area (Å²) in [7, 11) is 1.88. The van der Waals surface area contributed by atoms with Gasteiger partial charge in [-0.25, -0.2) is 0 Å². The van der Waals surface area contributed by atoms with Crippen LogP contribution in [0.25, 0.3) is 0 Å². The molecule has 120 valence electrons. The van der Waals surface area contributed by atoms with Crippen LogP contribution in [0.5, 0.6) is 0 Å². The van der Waals surface area contributed by atoms with Gasteiger partial charge < -0.3 is 10.6 Å². The third-order valence-electron chi connectivity index (χ3n) is 3.50. The fourth-order valence-electron chi connectivity index (χ4n) is 2.24. The van der Waals surface area contributed by atoms with Crippen LogP contribution in [0.15, 0.2) is 17.5 Å². The van der Waals surface area contributed by atoms with Crippen molar-refractivity contribution in [1.29, 1.82) is 0 Å². The van der Waals surface area contributed by atoms with Crippen molar-refractivity contribution in [3.8, 4) is 0 Å². The van der Waals surface area contributed by atoms with Crippen LogP contribution >= 0.6 is 11.3 Å². The summed E-state index contributed by atoms with van der Waals surface area (Å²) in [6, 6.07) is 4.08. The first-order valence-corrected chi connectivity index (χ1v) is 8.44. The zero-order valence-corrected chi connectivity index (χ0v) is 14.6. The highest BCUT2D eigenvalue weighted by Gasteiger charge is 2.22. The van der Waals surface area contributed by atoms with Crippen molar-refractivity contribution in [3.63, 3.8) is 0 Å². The number of hydrogen-bond acceptors (Lipinski definition) is 4. The summed E-state index contributed by atoms with van der Waals surface area (Å²) in [5.74, 6) is 0.171. The number of rotatable bonds is 9. The number of thiophene rings is 1. The predicted octanol–water partition coefficient (Wildman–Crippen LogP) is 2.40. The van der Waals surface area contributed by atoms with E-state index in [0.717, 1.165) is 19.5 Å². The lowest BCUT2D eigenvalue weighted by Gasteiger charge is -2.32. The minimum Gasteiger partial charge on any atom is -0.340 e. The van der Waals surface area contributed by atoms with E-state index < -0.39 is 0 Å². The minimum atomic E-state index is 0.0434. The van der Waals surface area contributed by atoms with Gasteiger partial charge in [-0.3, -0.25) is 9.69 Å². The minimum absolute atomic E-state index is 0.0434. The van der Waals surface area contributed by atoms with E-state index in [-0.39, 0.29) is 11.3 Å². The summed E-state index contributed by atoms with van der Waals surface area (Å²) in [5, 5.41) is 2.04. The van der Waals surface area contributed by atoms with Crippen LogP contribution in [0.2, 0.25) is 0 Å². The third-order valence-corrected chi connectivity index (χ3v) is 4.36. The summed E-state index contributed by atoms with van der Waals surface area (Å²) < 4.78 is 0. The highest BCUT2D eigenvalue weighted by atomic mass is 32.1. The van der Waals surface area contributed by atoms with Gasteiger partial charge in [0.1, 0.15) is 0 Å². The topological polar surface area (TPSA) is 49.6 Å². The van der Waals surface area contributed by atoms with E-state index >= 15 is 0 Å². The lowest BCUT2D eigenvalue weighted by atomic mass is 9.93. The molecule has 5 heteroatoms. The van der Waals surface area contributed by atoms with Crippen LogP contribution in [0.1, 0.15) is 32.1 Å². The number of amides is 1. The molecule has 1 rings (SSSR count). The Hall–Kier alpha value is -0.910. The molecule has 0 fully saturated rings. The molecule has 0 aliphatic heterocycles. The second kappa shape index (κ2) is 8.51. The van der Waals surface area contributed by atoms with Crippen molar-refractivity contribution in [2.24, 2.45) is 11.1 Å². The van der Waals surface area contributed by atoms with E-state index in [9.17, 15) is 4.79 Å². The average molecular weight is 311 g/mol. The Labute approximate surface area is 132 Å². The van der Waals surface area contributed by atoms with Crippen LogP contribution < -0.4 is 5.73 Å². The average Bonchev–Trinajstić information content (AvgIpc) is 2.91. The third kappa shape index (κ3) is 6.59. The lowest BCUT2D eigenvalue weighted by molar-refractivity contribution is -0.131. The summed E-state index contributed by atoms with van der Waals surface area (Å²) in [5.41, 5.74) is 5.85. The molecule has 1 heterocycles. The maximum Gasteiger partial charge on any atom is 0.236 e. The molecule has 4 nitrogen and oxygen atoms in total. The van der Waals surface area contributed by atoms with Gasteiger partial charge in [-0.05, 0) is 36.4 Å². The highest BCUT2D eigenvalue weighted by molar-refractivity contribution is 7.09. The van der Waals surface area contributed by atoms with Gasteiger partial charge in [-0.2, -0.15) is 0 Å². The molecule has 2 N–H and O–H groups in total. The number of carbonyl (C=O) groups is 1. The Morgan fingerprint density at radius 2 is 2.14 bits per heavy atom. The smallest absolute Gasteiger partial charge is 0.236 e. The zero-order valence-electron chi connectivity index (χ0n) is 13.8. The van der Waals surface area contributed by atoms with E-state index in [2.05, 4.69) is 31.7 Å². The highest BCUT2D eigenvalue weighted by Crippen LogP contribution is 2.16. The molecule has 0 atom stereocenters. The first-order chi connectivity index (χ1) is 9.88. The van der Waals surface area contributed by atoms with Crippen LogP contribution in [-0.4, -0.2) is 48.9 Å². The molecule has 0 radical (unpaired) electrons. The fourth-order valence-corrected chi connectivity index (χ4v) is 2.99. The number of carbonyl (C=O) groups excluding carboxylic acids is 1. The molecule has 1 amide bonds. The van der Waals surface area contributed by atoms with Crippen molar-refractivity contribution in [1.82, 2.24) is 9.80 Å². The van der Waals surface area contributed by atoms with Crippen molar-refractivity contribution >= 4 is 17.2 Å². The van der Waals surface area contributed by atoms with Crippen LogP contribution in [0.4, 0.5) is 0 Å². The van der Waals surface area contributed by atoms with Crippen LogP contribution in [0, 0.1) is 5.41 Å². The molecule has 0 bridgehead atoms. The van der Waals surface area contributed by atoms with Gasteiger partial charge in [0.05, 0.1) is 13.1 Å². The Morgan fingerprint density at radius 1 is 1.43 bits per heavy atom. The summed E-state index contributed by atoms with van der Waals surface area (Å²) in [6.07, 6.45) is 1.04. The Bertz CT molecular complexity index is 417. The van der Waals surface area contributed by atoms with Gasteiger partial charge in [0.2, 0.25) is 5.91 Å². The fraction of sp³-hybridized carbons (Fsp3) is 0.688. The Balaban J connectivity index is 2.54. The van der Waals surface area contributed by atoms with E-state index in [1.165, 1.54) is 4.88 Å². The Kier molecular flexibility index (Phi) is 7.35. The second-order valence-electron chi connectivity index (χ2n) is 6.41. The largest absolute Gasteiger partial charge is 0.340 e. The van der Waals surface area contributed by atoms with E-state index in [0.29, 0.717) is 19.6 Å². The maximum atomic E-state index is 12.4. The van der Waals surface area contributed by atoms with Gasteiger partial charge in [-0.15, -0.1) is 11.3 Å². The predicted molar refractivity (Wildman–Crippen MR) is 90.4 cm³/mol. The first-order valence-electron chi connectivity index (χ1n) is 7.56. The quantitative estimate of drug-likeness (QED) is 0.762. The van der Waals surface area contributed by atoms with Crippen molar-refractivity contribution in [3.05, 3.63) is 22.4 Å². The number of nitrogens with zero attached hydrogens (tertiary/aromatic N) is 2. The van der Waals surface area contributed by atoms with Crippen LogP contribution in [-0.2, 0) is 11.3 Å². The van der Waals surface area contributed by atoms with Gasteiger partial charge in [0, 0.05) is 18.5 Å². The van der Waals surface area contributed by atoms with Crippen molar-refractivity contribution in [2.45, 2.75) is 33.7 Å². The summed E-state index contributed by atoms with van der Waals surface area (Å²) >= 11 is 1.69. The molecule has 0 unspecified atom stereocenters. The van der Waals surface area contributed by atoms with Gasteiger partial charge in [-0.1, -0.05) is 26.8 Å². The SMILES string of the molecule is CCCN(CC(=O)N(C)Cc1cccs1)CC(C)(C)CN. The standard InChI is InChI=1S/C16H29N3OS/c1-5-8-19(13-16(2,3)12-17)11-15(20)18(4)10-14-7-6-9-21-14/h6-7,9H,5,8,10-13,17H2,1-4H3. The molecule has 21 heavy (non-hydrogen) atoms. The second-order valence-corrected chi connectivity index (χ2v) is 7.44. The molecule has 1 aromatic rings. The molecular weight excluding hydrogens is 282 g/mol. The number of nitrogens with two attached hydrogens (primary N) is 1. The summed E-state index contributed by atoms with van der Waals surface area (Å²) in [6.45, 7) is 10.0. The molecule has 0 saturated heterocycles. The zero-order chi connectivity index (χ0) is 15.9. The molecular formula is C16H29N3OS. The van der Waals surface area contributed by atoms with E-state index in [1.807, 2.05) is 23.4 Å². The van der Waals surface area contributed by atoms with Gasteiger partial charge in [0.15, 0.2) is 0 Å². The monoisotopic (exact) mass is 311 g/mol. The van der Waals surface area contributed by atoms with E-state index in [4.69, 9.17) is 5.73 Å². The molecule has 0 spiro atoms. The number of hydrogen-bond donors (Lipinski definition) is 1. The molecule has 0 aromatic carbocycles. The molecule has 0 saturated carbocycles. The van der Waals surface area contributed by atoms with Gasteiger partial charge >= 0.3 is 0 Å². The lowest BCUT2D eigenvalue weighted by Crippen LogP contribution is -2.44. The van der Waals surface area contributed by atoms with Crippen molar-refractivity contribution < 1.29 is 4.79 Å². The first kappa shape index (κ1) is 18.1. The van der Waals surface area contributed by atoms with Gasteiger partial charge in [0.25, 0.3) is 0 Å². The Morgan fingerprint density at radius 3 is 2.67 bits per heavy atom. The van der Waals surface area contributed by atoms with Crippen LogP contribution in [0.3, 0.4) is 0 Å². The number of likely N-dealkylation sites (N-methyl/N-ethyl adjacent to an activating group) is 1. The summed E-state index contributed by atoms with van der Waals surface area (Å²) in [4.78, 5) is 17.6. The molecule has 0 aliphatic rings.